The molecular weight excluding hydrogens is 449 g/mol. The smallest absolute Gasteiger partial charge is 0.673 e. The van der Waals surface area contributed by atoms with E-state index >= 15 is 0 Å². The van der Waals surface area contributed by atoms with Gasteiger partial charge in [0.2, 0.25) is 0 Å². The zero-order valence-corrected chi connectivity index (χ0v) is 20.3. The van der Waals surface area contributed by atoms with Crippen molar-refractivity contribution in [1.82, 2.24) is 0 Å². The third kappa shape index (κ3) is 24.7. The Kier molecular flexibility index (Phi) is 27.5. The molecule has 2 rings (SSSR count). The van der Waals surface area contributed by atoms with Crippen LogP contribution in [0.3, 0.4) is 0 Å². The number of fused-ring (bicyclic) bond motifs is 1. The number of hydrogen-bond acceptors (Lipinski definition) is 2. The predicted molar refractivity (Wildman–Crippen MR) is 105 cm³/mol. The van der Waals surface area contributed by atoms with E-state index in [4.69, 9.17) is 15.9 Å². The van der Waals surface area contributed by atoms with Crippen LogP contribution in [0.4, 0.5) is 0 Å². The molecule has 3 N–H and O–H groups in total. The van der Waals surface area contributed by atoms with Gasteiger partial charge in [0.25, 0.3) is 0 Å². The minimum Gasteiger partial charge on any atom is -0.673 e. The zero-order valence-electron chi connectivity index (χ0n) is 15.2. The first-order chi connectivity index (χ1) is 10.3. The van der Waals surface area contributed by atoms with Gasteiger partial charge in [-0.2, -0.15) is 6.07 Å². The molecule has 0 amide bonds. The molecule has 0 aliphatic rings. The van der Waals surface area contributed by atoms with E-state index in [0.717, 1.165) is 28.2 Å². The van der Waals surface area contributed by atoms with Crippen LogP contribution in [0.5, 0.6) is 0 Å². The molecule has 2 aromatic carbocycles. The summed E-state index contributed by atoms with van der Waals surface area (Å²) in [7, 11) is 3.08. The van der Waals surface area contributed by atoms with Crippen LogP contribution in [0.1, 0.15) is 20.8 Å². The molecule has 0 saturated heterocycles. The molecule has 6 heteroatoms. The van der Waals surface area contributed by atoms with Gasteiger partial charge in [-0.05, 0) is 0 Å². The molecule has 0 unspecified atom stereocenters. The minimum absolute atomic E-state index is 0. The van der Waals surface area contributed by atoms with Crippen molar-refractivity contribution in [1.29, 1.82) is 0 Å². The summed E-state index contributed by atoms with van der Waals surface area (Å²) in [5, 5.41) is 16.6. The maximum atomic E-state index is 7.00. The van der Waals surface area contributed by atoms with E-state index in [-0.39, 0.29) is 31.7 Å². The standard InChI is InChI=1S/C9H6Br.C4H10N.C2H6Si.2CH4O.Zr/c10-9-5-7-3-1-2-4-8(7)6-9;1-4(2,3)5;1-3-2;2*1-2;/h1-6H;5H,1-3H3;1-2H3;2*2H,1H3;/q2*-1;;;;+2. The molecule has 0 atom stereocenters. The fourth-order valence-corrected chi connectivity index (χ4v) is 1.61. The summed E-state index contributed by atoms with van der Waals surface area (Å²) in [6, 6.07) is 12.6. The van der Waals surface area contributed by atoms with E-state index in [9.17, 15) is 0 Å². The van der Waals surface area contributed by atoms with Gasteiger partial charge in [-0.25, -0.2) is 0 Å². The Labute approximate surface area is 172 Å². The van der Waals surface area contributed by atoms with Crippen LogP contribution < -0.4 is 0 Å². The van der Waals surface area contributed by atoms with E-state index in [1.807, 2.05) is 20.8 Å². The fraction of sp³-hybridized carbons (Fsp3) is 0.471. The van der Waals surface area contributed by atoms with Crippen molar-refractivity contribution in [3.63, 3.8) is 0 Å². The molecule has 3 nitrogen and oxygen atoms in total. The summed E-state index contributed by atoms with van der Waals surface area (Å²) in [6.07, 6.45) is 0. The zero-order chi connectivity index (χ0) is 18.2. The maximum Gasteiger partial charge on any atom is 2.00 e. The van der Waals surface area contributed by atoms with Gasteiger partial charge in [0.15, 0.2) is 0 Å². The number of aliphatic hydroxyl groups is 2. The maximum absolute atomic E-state index is 7.00. The van der Waals surface area contributed by atoms with Gasteiger partial charge in [0.1, 0.15) is 0 Å². The Hall–Kier alpha value is 0.290. The quantitative estimate of drug-likeness (QED) is 0.405. The topological polar surface area (TPSA) is 64.3 Å². The molecule has 0 aliphatic carbocycles. The van der Waals surface area contributed by atoms with E-state index in [2.05, 4.69) is 65.4 Å². The Balaban J connectivity index is -0.000000120. The van der Waals surface area contributed by atoms with Crippen molar-refractivity contribution in [2.45, 2.75) is 39.4 Å². The summed E-state index contributed by atoms with van der Waals surface area (Å²) in [5.41, 5.74) is 6.69. The number of benzene rings is 1. The number of hydrogen-bond donors (Lipinski definition) is 2. The first kappa shape index (κ1) is 31.1. The van der Waals surface area contributed by atoms with Gasteiger partial charge in [-0.15, -0.1) is 40.6 Å². The molecule has 130 valence electrons. The van der Waals surface area contributed by atoms with Crippen molar-refractivity contribution in [2.75, 3.05) is 14.2 Å². The molecule has 0 aliphatic heterocycles. The second-order valence-electron chi connectivity index (χ2n) is 5.05. The second kappa shape index (κ2) is 20.3. The van der Waals surface area contributed by atoms with Gasteiger partial charge in [0, 0.05) is 23.7 Å². The predicted octanol–water partition coefficient (Wildman–Crippen LogP) is 5.16. The van der Waals surface area contributed by atoms with Crippen molar-refractivity contribution in [3.8, 4) is 0 Å². The van der Waals surface area contributed by atoms with Gasteiger partial charge in [-0.1, -0.05) is 60.3 Å². The molecule has 2 aromatic rings. The summed E-state index contributed by atoms with van der Waals surface area (Å²) in [5.74, 6) is 0. The third-order valence-electron chi connectivity index (χ3n) is 1.58. The number of rotatable bonds is 0. The molecule has 23 heavy (non-hydrogen) atoms. The molecule has 0 bridgehead atoms. The van der Waals surface area contributed by atoms with Gasteiger partial charge >= 0.3 is 26.2 Å². The van der Waals surface area contributed by atoms with E-state index < -0.39 is 0 Å². The molecule has 0 saturated carbocycles. The fourth-order valence-electron chi connectivity index (χ4n) is 1.11. The monoisotopic (exact) mass is 477 g/mol. The Morgan fingerprint density at radius 2 is 1.39 bits per heavy atom. The Morgan fingerprint density at radius 3 is 1.74 bits per heavy atom. The molecule has 0 aromatic heterocycles. The van der Waals surface area contributed by atoms with E-state index in [0.29, 0.717) is 0 Å². The van der Waals surface area contributed by atoms with Crippen LogP contribution in [0, 0.1) is 0 Å². The summed E-state index contributed by atoms with van der Waals surface area (Å²) in [6.45, 7) is 9.87. The van der Waals surface area contributed by atoms with Gasteiger partial charge < -0.3 is 15.9 Å². The van der Waals surface area contributed by atoms with Crippen molar-refractivity contribution < 1.29 is 36.4 Å². The summed E-state index contributed by atoms with van der Waals surface area (Å²) in [4.78, 5) is 0. The number of aliphatic hydroxyl groups excluding tert-OH is 2. The SMILES string of the molecule is Brc1cc2ccccc2[cH-]1.CC(C)(C)[NH-].CO.CO.C[Si]C.[Zr+2]. The van der Waals surface area contributed by atoms with Crippen molar-refractivity contribution >= 4 is 36.2 Å². The number of nitrogens with one attached hydrogen (secondary N) is 1. The normalized spacial score (nSPS) is 8.48. The van der Waals surface area contributed by atoms with Crippen LogP contribution >= 0.6 is 15.9 Å². The minimum atomic E-state index is -0.250. The first-order valence-corrected chi connectivity index (χ1v) is 9.61. The van der Waals surface area contributed by atoms with Gasteiger partial charge in [-0.3, -0.25) is 0 Å². The van der Waals surface area contributed by atoms with E-state index in [1.165, 1.54) is 10.8 Å². The molecule has 0 fully saturated rings. The van der Waals surface area contributed by atoms with Crippen LogP contribution in [-0.2, 0) is 26.2 Å². The third-order valence-corrected chi connectivity index (χ3v) is 2.04. The van der Waals surface area contributed by atoms with Crippen LogP contribution in [0.2, 0.25) is 13.1 Å². The number of halogens is 1. The van der Waals surface area contributed by atoms with Crippen LogP contribution in [0.15, 0.2) is 40.9 Å². The molecule has 0 heterocycles. The summed E-state index contributed by atoms with van der Waals surface area (Å²) < 4.78 is 1.16. The van der Waals surface area contributed by atoms with Crippen LogP contribution in [-0.4, -0.2) is 39.5 Å². The van der Waals surface area contributed by atoms with Crippen molar-refractivity contribution in [2.24, 2.45) is 0 Å². The largest absolute Gasteiger partial charge is 2.00 e. The van der Waals surface area contributed by atoms with E-state index in [1.54, 1.807) is 0 Å². The Morgan fingerprint density at radius 1 is 1.04 bits per heavy atom. The molecule has 0 spiro atoms. The van der Waals surface area contributed by atoms with Crippen LogP contribution in [0.25, 0.3) is 16.5 Å². The van der Waals surface area contributed by atoms with Crippen molar-refractivity contribution in [3.05, 3.63) is 46.6 Å². The molecular formula is C17H30BrNO2SiZr. The second-order valence-corrected chi connectivity index (χ2v) is 6.97. The Bertz CT molecular complexity index is 420. The first-order valence-electron chi connectivity index (χ1n) is 6.82. The average Bonchev–Trinajstić information content (AvgIpc) is 2.82. The summed E-state index contributed by atoms with van der Waals surface area (Å²) >= 11 is 3.42. The van der Waals surface area contributed by atoms with Gasteiger partial charge in [0.05, 0.1) is 0 Å². The average molecular weight is 480 g/mol. The molecule has 2 radical (unpaired) electrons.